The fourth-order valence-electron chi connectivity index (χ4n) is 4.73. The van der Waals surface area contributed by atoms with Crippen LogP contribution < -0.4 is 4.90 Å². The minimum absolute atomic E-state index is 0.0929. The molecule has 2 aliphatic rings. The van der Waals surface area contributed by atoms with Crippen LogP contribution in [0.15, 0.2) is 36.7 Å². The lowest BCUT2D eigenvalue weighted by molar-refractivity contribution is -0.116. The van der Waals surface area contributed by atoms with Gasteiger partial charge in [-0.25, -0.2) is 4.79 Å². The predicted octanol–water partition coefficient (Wildman–Crippen LogP) is 3.33. The van der Waals surface area contributed by atoms with Gasteiger partial charge in [-0.05, 0) is 43.4 Å². The molecule has 4 rings (SSSR count). The highest BCUT2D eigenvalue weighted by Gasteiger charge is 2.43. The van der Waals surface area contributed by atoms with E-state index in [0.717, 1.165) is 43.1 Å². The van der Waals surface area contributed by atoms with Crippen LogP contribution in [-0.4, -0.2) is 64.7 Å². The molecule has 1 aromatic carbocycles. The van der Waals surface area contributed by atoms with Crippen molar-refractivity contribution in [2.45, 2.75) is 32.4 Å². The molecule has 8 heteroatoms. The van der Waals surface area contributed by atoms with Gasteiger partial charge in [-0.1, -0.05) is 29.8 Å². The zero-order valence-electron chi connectivity index (χ0n) is 17.7. The van der Waals surface area contributed by atoms with Gasteiger partial charge in [-0.3, -0.25) is 9.69 Å². The number of anilines is 1. The van der Waals surface area contributed by atoms with Gasteiger partial charge < -0.3 is 9.80 Å². The zero-order valence-corrected chi connectivity index (χ0v) is 18.4. The van der Waals surface area contributed by atoms with Crippen molar-refractivity contribution in [3.8, 4) is 0 Å². The fraction of sp³-hybridized carbons (Fsp3) is 0.500. The summed E-state index contributed by atoms with van der Waals surface area (Å²) >= 11 is 6.32. The van der Waals surface area contributed by atoms with Crippen LogP contribution in [0.2, 0.25) is 5.02 Å². The highest BCUT2D eigenvalue weighted by Crippen LogP contribution is 2.40. The van der Waals surface area contributed by atoms with Gasteiger partial charge in [0.25, 0.3) is 0 Å². The largest absolute Gasteiger partial charge is 0.344 e. The van der Waals surface area contributed by atoms with Crippen molar-refractivity contribution in [3.63, 3.8) is 0 Å². The number of nitrogens with zero attached hydrogens (tertiary/aromatic N) is 5. The van der Waals surface area contributed by atoms with Gasteiger partial charge in [0, 0.05) is 44.7 Å². The Morgan fingerprint density at radius 2 is 1.83 bits per heavy atom. The molecular formula is C22H28ClN5O2. The second kappa shape index (κ2) is 8.40. The molecule has 1 aromatic heterocycles. The lowest BCUT2D eigenvalue weighted by atomic mass is 10.0. The van der Waals surface area contributed by atoms with Crippen molar-refractivity contribution < 1.29 is 9.59 Å². The van der Waals surface area contributed by atoms with Crippen molar-refractivity contribution in [2.24, 2.45) is 11.8 Å². The Labute approximate surface area is 182 Å². The summed E-state index contributed by atoms with van der Waals surface area (Å²) in [6.07, 6.45) is 5.35. The van der Waals surface area contributed by atoms with E-state index in [1.165, 1.54) is 16.5 Å². The van der Waals surface area contributed by atoms with E-state index in [1.54, 1.807) is 19.4 Å². The van der Waals surface area contributed by atoms with Crippen LogP contribution in [0.25, 0.3) is 0 Å². The zero-order chi connectivity index (χ0) is 21.4. The van der Waals surface area contributed by atoms with Crippen LogP contribution in [0.1, 0.15) is 25.3 Å². The lowest BCUT2D eigenvalue weighted by Crippen LogP contribution is -2.36. The van der Waals surface area contributed by atoms with Crippen LogP contribution in [-0.2, 0) is 11.3 Å². The van der Waals surface area contributed by atoms with Crippen LogP contribution in [0.5, 0.6) is 0 Å². The number of carbonyl (C=O) groups excluding carboxylic acids is 2. The van der Waals surface area contributed by atoms with E-state index in [4.69, 9.17) is 11.6 Å². The molecule has 0 N–H and O–H groups in total. The first-order valence-electron chi connectivity index (χ1n) is 10.4. The third kappa shape index (κ3) is 4.09. The molecule has 1 aliphatic carbocycles. The minimum atomic E-state index is -0.117. The average molecular weight is 430 g/mol. The van der Waals surface area contributed by atoms with E-state index >= 15 is 0 Å². The Kier molecular flexibility index (Phi) is 5.84. The van der Waals surface area contributed by atoms with Gasteiger partial charge in [0.1, 0.15) is 0 Å². The molecule has 1 aliphatic heterocycles. The Hall–Kier alpha value is -2.38. The van der Waals surface area contributed by atoms with Gasteiger partial charge in [0.2, 0.25) is 5.91 Å². The van der Waals surface area contributed by atoms with Crippen LogP contribution in [0.3, 0.4) is 0 Å². The first-order chi connectivity index (χ1) is 14.3. The van der Waals surface area contributed by atoms with Crippen molar-refractivity contribution in [1.82, 2.24) is 19.6 Å². The third-order valence-electron chi connectivity index (χ3n) is 6.62. The van der Waals surface area contributed by atoms with E-state index in [2.05, 4.69) is 23.1 Å². The lowest BCUT2D eigenvalue weighted by Gasteiger charge is -2.26. The van der Waals surface area contributed by atoms with Gasteiger partial charge in [0.05, 0.1) is 18.1 Å². The smallest absolute Gasteiger partial charge is 0.322 e. The number of fused-ring (bicyclic) bond motifs is 1. The number of amides is 2. The summed E-state index contributed by atoms with van der Waals surface area (Å²) < 4.78 is 1.34. The van der Waals surface area contributed by atoms with Gasteiger partial charge in [-0.2, -0.15) is 9.78 Å². The highest BCUT2D eigenvalue weighted by molar-refractivity contribution is 6.31. The number of rotatable bonds is 4. The molecule has 160 valence electrons. The number of carbonyl (C=O) groups is 2. The maximum atomic E-state index is 12.9. The summed E-state index contributed by atoms with van der Waals surface area (Å²) in [7, 11) is 3.84. The van der Waals surface area contributed by atoms with E-state index in [1.807, 2.05) is 23.1 Å². The molecule has 0 radical (unpaired) electrons. The van der Waals surface area contributed by atoms with Gasteiger partial charge in [-0.15, -0.1) is 0 Å². The van der Waals surface area contributed by atoms with Crippen LogP contribution >= 0.6 is 11.6 Å². The fourth-order valence-corrected chi connectivity index (χ4v) is 4.92. The number of hydrogen-bond donors (Lipinski definition) is 0. The maximum Gasteiger partial charge on any atom is 0.344 e. The number of likely N-dealkylation sites (tertiary alicyclic amines) is 1. The Balaban J connectivity index is 1.34. The monoisotopic (exact) mass is 429 g/mol. The number of aromatic nitrogens is 2. The van der Waals surface area contributed by atoms with E-state index in [-0.39, 0.29) is 11.9 Å². The standard InChI is InChI=1S/C22H28ClN5O2/c1-15(29)26(3)20-10-24-28(14-20)22(30)27-12-17-8-19(9-18(17)13-27)25(2)11-16-6-4-5-7-21(16)23/h4-7,10,14,17-19H,8-9,11-13H2,1-3H3. The molecule has 2 fully saturated rings. The Bertz CT molecular complexity index is 931. The summed E-state index contributed by atoms with van der Waals surface area (Å²) in [6, 6.07) is 8.39. The first-order valence-corrected chi connectivity index (χ1v) is 10.7. The molecule has 1 saturated heterocycles. The summed E-state index contributed by atoms with van der Waals surface area (Å²) in [5.41, 5.74) is 1.78. The van der Waals surface area contributed by atoms with E-state index in [0.29, 0.717) is 23.6 Å². The molecule has 0 bridgehead atoms. The Morgan fingerprint density at radius 1 is 1.17 bits per heavy atom. The molecule has 0 spiro atoms. The number of halogens is 1. The van der Waals surface area contributed by atoms with Gasteiger partial charge in [0.15, 0.2) is 0 Å². The first kappa shape index (κ1) is 20.9. The second-order valence-corrected chi connectivity index (χ2v) is 8.97. The SMILES string of the molecule is CC(=O)N(C)c1cnn(C(=O)N2CC3CC(N(C)Cc4ccccc4Cl)CC3C2)c1. The quantitative estimate of drug-likeness (QED) is 0.747. The normalized spacial score (nSPS) is 23.1. The highest BCUT2D eigenvalue weighted by atomic mass is 35.5. The van der Waals surface area contributed by atoms with Gasteiger partial charge >= 0.3 is 6.03 Å². The molecular weight excluding hydrogens is 402 g/mol. The third-order valence-corrected chi connectivity index (χ3v) is 6.99. The summed E-state index contributed by atoms with van der Waals surface area (Å²) in [5.74, 6) is 0.940. The molecule has 2 unspecified atom stereocenters. The van der Waals surface area contributed by atoms with Crippen LogP contribution in [0, 0.1) is 11.8 Å². The number of benzene rings is 1. The minimum Gasteiger partial charge on any atom is -0.322 e. The summed E-state index contributed by atoms with van der Waals surface area (Å²) in [5, 5.41) is 4.98. The van der Waals surface area contributed by atoms with Crippen molar-refractivity contribution in [2.75, 3.05) is 32.1 Å². The van der Waals surface area contributed by atoms with E-state index in [9.17, 15) is 9.59 Å². The Morgan fingerprint density at radius 3 is 2.47 bits per heavy atom. The predicted molar refractivity (Wildman–Crippen MR) is 117 cm³/mol. The second-order valence-electron chi connectivity index (χ2n) is 8.56. The topological polar surface area (TPSA) is 61.7 Å². The molecule has 1 saturated carbocycles. The van der Waals surface area contributed by atoms with Crippen molar-refractivity contribution >= 4 is 29.2 Å². The molecule has 2 aromatic rings. The molecule has 30 heavy (non-hydrogen) atoms. The summed E-state index contributed by atoms with van der Waals surface area (Å²) in [6.45, 7) is 3.85. The maximum absolute atomic E-state index is 12.9. The number of hydrogen-bond acceptors (Lipinski definition) is 4. The average Bonchev–Trinajstić information content (AvgIpc) is 3.43. The van der Waals surface area contributed by atoms with Crippen molar-refractivity contribution in [3.05, 3.63) is 47.2 Å². The molecule has 2 atom stereocenters. The molecule has 2 heterocycles. The molecule has 7 nitrogen and oxygen atoms in total. The van der Waals surface area contributed by atoms with Crippen LogP contribution in [0.4, 0.5) is 10.5 Å². The molecule has 2 amide bonds. The van der Waals surface area contributed by atoms with E-state index < -0.39 is 0 Å². The summed E-state index contributed by atoms with van der Waals surface area (Å²) in [4.78, 5) is 30.2. The van der Waals surface area contributed by atoms with Crippen molar-refractivity contribution in [1.29, 1.82) is 0 Å².